The van der Waals surface area contributed by atoms with E-state index in [1.807, 2.05) is 68.6 Å². The zero-order valence-corrected chi connectivity index (χ0v) is 14.6. The Morgan fingerprint density at radius 1 is 1.00 bits per heavy atom. The number of aryl methyl sites for hydroxylation is 2. The second kappa shape index (κ2) is 6.93. The Labute approximate surface area is 144 Å². The second-order valence-electron chi connectivity index (χ2n) is 5.56. The van der Waals surface area contributed by atoms with E-state index in [-0.39, 0.29) is 0 Å². The normalized spacial score (nSPS) is 11.7. The van der Waals surface area contributed by atoms with E-state index in [2.05, 4.69) is 10.1 Å². The predicted molar refractivity (Wildman–Crippen MR) is 100 cm³/mol. The number of aromatic nitrogens is 1. The standard InChI is InChI=1S/C19H18N2O2S/c1-12-4-8-14(9-5-12)17-16(19(22)23-21-17)18(24-3)20-15-10-6-13(2)7-11-15/h4-11,21H,1-3H3. The molecule has 0 saturated heterocycles. The third-order valence-corrected chi connectivity index (χ3v) is 4.39. The Kier molecular flexibility index (Phi) is 4.71. The van der Waals surface area contributed by atoms with Gasteiger partial charge in [-0.3, -0.25) is 0 Å². The molecule has 0 aliphatic heterocycles. The maximum Gasteiger partial charge on any atom is 0.367 e. The van der Waals surface area contributed by atoms with Gasteiger partial charge in [-0.05, 0) is 32.2 Å². The van der Waals surface area contributed by atoms with Crippen molar-refractivity contribution in [3.05, 3.63) is 75.6 Å². The molecule has 0 saturated carbocycles. The molecule has 0 fully saturated rings. The van der Waals surface area contributed by atoms with Gasteiger partial charge in [0, 0.05) is 5.56 Å². The molecule has 0 radical (unpaired) electrons. The van der Waals surface area contributed by atoms with Gasteiger partial charge in [0.2, 0.25) is 0 Å². The number of benzene rings is 2. The highest BCUT2D eigenvalue weighted by atomic mass is 32.2. The van der Waals surface area contributed by atoms with Crippen LogP contribution in [0.2, 0.25) is 0 Å². The molecule has 0 amide bonds. The zero-order chi connectivity index (χ0) is 17.1. The SMILES string of the molecule is CSC(=Nc1ccc(C)cc1)c1c(-c2ccc(C)cc2)[nH]oc1=O. The Bertz CT molecular complexity index is 919. The highest BCUT2D eigenvalue weighted by Crippen LogP contribution is 2.25. The highest BCUT2D eigenvalue weighted by Gasteiger charge is 2.19. The van der Waals surface area contributed by atoms with E-state index >= 15 is 0 Å². The van der Waals surface area contributed by atoms with Gasteiger partial charge in [-0.1, -0.05) is 47.5 Å². The Morgan fingerprint density at radius 2 is 1.58 bits per heavy atom. The molecule has 1 heterocycles. The lowest BCUT2D eigenvalue weighted by Gasteiger charge is -2.04. The minimum absolute atomic E-state index is 0.411. The number of thioether (sulfide) groups is 1. The van der Waals surface area contributed by atoms with Crippen molar-refractivity contribution in [2.45, 2.75) is 13.8 Å². The average Bonchev–Trinajstić information content (AvgIpc) is 2.97. The lowest BCUT2D eigenvalue weighted by Crippen LogP contribution is -2.08. The van der Waals surface area contributed by atoms with Crippen LogP contribution in [-0.2, 0) is 0 Å². The van der Waals surface area contributed by atoms with Gasteiger partial charge in [-0.2, -0.15) is 0 Å². The van der Waals surface area contributed by atoms with Crippen molar-refractivity contribution in [3.8, 4) is 11.3 Å². The lowest BCUT2D eigenvalue weighted by molar-refractivity contribution is 0.393. The van der Waals surface area contributed by atoms with Gasteiger partial charge in [0.05, 0.1) is 11.4 Å². The third kappa shape index (κ3) is 3.36. The van der Waals surface area contributed by atoms with E-state index in [0.717, 1.165) is 16.8 Å². The summed E-state index contributed by atoms with van der Waals surface area (Å²) in [5.74, 6) is 0. The van der Waals surface area contributed by atoms with Crippen LogP contribution < -0.4 is 5.63 Å². The smallest absolute Gasteiger partial charge is 0.338 e. The summed E-state index contributed by atoms with van der Waals surface area (Å²) < 4.78 is 5.05. The molecule has 5 heteroatoms. The first-order chi connectivity index (χ1) is 11.6. The molecule has 3 aromatic rings. The largest absolute Gasteiger partial charge is 0.367 e. The van der Waals surface area contributed by atoms with Crippen LogP contribution in [0.25, 0.3) is 11.3 Å². The van der Waals surface area contributed by atoms with Crippen LogP contribution in [0, 0.1) is 13.8 Å². The molecular formula is C19H18N2O2S. The summed E-state index contributed by atoms with van der Waals surface area (Å²) in [6.07, 6.45) is 1.90. The third-order valence-electron chi connectivity index (χ3n) is 3.71. The predicted octanol–water partition coefficient (Wildman–Crippen LogP) is 4.69. The fourth-order valence-corrected chi connectivity index (χ4v) is 2.95. The minimum Gasteiger partial charge on any atom is -0.338 e. The summed E-state index contributed by atoms with van der Waals surface area (Å²) in [6, 6.07) is 15.8. The van der Waals surface area contributed by atoms with Gasteiger partial charge in [0.15, 0.2) is 0 Å². The van der Waals surface area contributed by atoms with Crippen LogP contribution in [0.4, 0.5) is 5.69 Å². The Morgan fingerprint density at radius 3 is 2.17 bits per heavy atom. The first kappa shape index (κ1) is 16.3. The number of hydrogen-bond acceptors (Lipinski definition) is 4. The number of nitrogens with one attached hydrogen (secondary N) is 1. The summed E-state index contributed by atoms with van der Waals surface area (Å²) in [4.78, 5) is 16.9. The van der Waals surface area contributed by atoms with E-state index in [1.165, 1.54) is 17.3 Å². The summed E-state index contributed by atoms with van der Waals surface area (Å²) in [5.41, 5.74) is 4.73. The number of aliphatic imine (C=N–C) groups is 1. The number of rotatable bonds is 3. The molecule has 0 unspecified atom stereocenters. The van der Waals surface area contributed by atoms with Crippen LogP contribution in [0.15, 0.2) is 62.8 Å². The molecule has 2 aromatic carbocycles. The van der Waals surface area contributed by atoms with Crippen molar-refractivity contribution in [2.24, 2.45) is 4.99 Å². The summed E-state index contributed by atoms with van der Waals surface area (Å²) in [6.45, 7) is 4.05. The van der Waals surface area contributed by atoms with E-state index < -0.39 is 5.63 Å². The van der Waals surface area contributed by atoms with Crippen molar-refractivity contribution in [1.82, 2.24) is 5.16 Å². The quantitative estimate of drug-likeness (QED) is 0.556. The van der Waals surface area contributed by atoms with Crippen LogP contribution in [0.1, 0.15) is 16.7 Å². The van der Waals surface area contributed by atoms with Crippen molar-refractivity contribution in [1.29, 1.82) is 0 Å². The highest BCUT2D eigenvalue weighted by molar-refractivity contribution is 8.13. The topological polar surface area (TPSA) is 58.4 Å². The van der Waals surface area contributed by atoms with Crippen LogP contribution in [-0.4, -0.2) is 16.5 Å². The first-order valence-electron chi connectivity index (χ1n) is 7.56. The number of aromatic amines is 1. The molecular weight excluding hydrogens is 320 g/mol. The zero-order valence-electron chi connectivity index (χ0n) is 13.8. The minimum atomic E-state index is -0.411. The molecule has 1 N–H and O–H groups in total. The molecule has 0 atom stereocenters. The summed E-state index contributed by atoms with van der Waals surface area (Å²) in [5, 5.41) is 3.37. The van der Waals surface area contributed by atoms with Gasteiger partial charge in [0.1, 0.15) is 10.6 Å². The lowest BCUT2D eigenvalue weighted by atomic mass is 10.1. The molecule has 4 nitrogen and oxygen atoms in total. The van der Waals surface area contributed by atoms with Gasteiger partial charge in [0.25, 0.3) is 0 Å². The molecule has 0 aliphatic rings. The summed E-state index contributed by atoms with van der Waals surface area (Å²) >= 11 is 1.42. The van der Waals surface area contributed by atoms with Crippen LogP contribution in [0.5, 0.6) is 0 Å². The molecule has 0 spiro atoms. The fourth-order valence-electron chi connectivity index (χ4n) is 2.36. The number of H-pyrrole nitrogens is 1. The molecule has 1 aromatic heterocycles. The molecule has 0 bridgehead atoms. The second-order valence-corrected chi connectivity index (χ2v) is 6.36. The van der Waals surface area contributed by atoms with Crippen molar-refractivity contribution < 1.29 is 4.52 Å². The van der Waals surface area contributed by atoms with Gasteiger partial charge >= 0.3 is 5.63 Å². The molecule has 0 aliphatic carbocycles. The van der Waals surface area contributed by atoms with Crippen molar-refractivity contribution in [2.75, 3.05) is 6.26 Å². The van der Waals surface area contributed by atoms with Crippen LogP contribution in [0.3, 0.4) is 0 Å². The molecule has 24 heavy (non-hydrogen) atoms. The first-order valence-corrected chi connectivity index (χ1v) is 8.79. The Balaban J connectivity index is 2.10. The monoisotopic (exact) mass is 338 g/mol. The molecule has 3 rings (SSSR count). The average molecular weight is 338 g/mol. The maximum absolute atomic E-state index is 12.2. The fraction of sp³-hybridized carbons (Fsp3) is 0.158. The van der Waals surface area contributed by atoms with Crippen LogP contribution >= 0.6 is 11.8 Å². The number of hydrogen-bond donors (Lipinski definition) is 1. The van der Waals surface area contributed by atoms with Gasteiger partial charge in [-0.15, -0.1) is 11.8 Å². The van der Waals surface area contributed by atoms with Gasteiger partial charge in [-0.25, -0.2) is 14.9 Å². The summed E-state index contributed by atoms with van der Waals surface area (Å²) in [7, 11) is 0. The maximum atomic E-state index is 12.2. The molecule has 122 valence electrons. The van der Waals surface area contributed by atoms with E-state index in [0.29, 0.717) is 16.3 Å². The van der Waals surface area contributed by atoms with Crippen molar-refractivity contribution in [3.63, 3.8) is 0 Å². The van der Waals surface area contributed by atoms with Gasteiger partial charge < -0.3 is 4.52 Å². The van der Waals surface area contributed by atoms with Crippen molar-refractivity contribution >= 4 is 22.5 Å². The van der Waals surface area contributed by atoms with E-state index in [4.69, 9.17) is 4.52 Å². The van der Waals surface area contributed by atoms with E-state index in [9.17, 15) is 4.79 Å². The Hall–Kier alpha value is -2.53. The van der Waals surface area contributed by atoms with E-state index in [1.54, 1.807) is 0 Å². The number of nitrogens with zero attached hydrogens (tertiary/aromatic N) is 1.